The van der Waals surface area contributed by atoms with Crippen molar-refractivity contribution in [3.05, 3.63) is 0 Å². The Morgan fingerprint density at radius 2 is 1.25 bits per heavy atom. The molecule has 0 saturated heterocycles. The van der Waals surface area contributed by atoms with Gasteiger partial charge in [0, 0.05) is 0 Å². The molecule has 0 aliphatic rings. The third-order valence-electron chi connectivity index (χ3n) is 3.39. The van der Waals surface area contributed by atoms with Crippen molar-refractivity contribution in [1.29, 1.82) is 0 Å². The molecular weight excluding hydrogens is 152 g/mol. The molecule has 2 nitrogen and oxygen atoms in total. The van der Waals surface area contributed by atoms with Gasteiger partial charge < -0.3 is 10.2 Å². The third-order valence-corrected chi connectivity index (χ3v) is 3.39. The van der Waals surface area contributed by atoms with E-state index >= 15 is 0 Å². The lowest BCUT2D eigenvalue weighted by molar-refractivity contribution is -0.181. The lowest BCUT2D eigenvalue weighted by Gasteiger charge is -2.47. The summed E-state index contributed by atoms with van der Waals surface area (Å²) in [6, 6.07) is 0. The molecule has 0 aromatic carbocycles. The Bertz CT molecular complexity index is 152. The highest BCUT2D eigenvalue weighted by Crippen LogP contribution is 2.40. The van der Waals surface area contributed by atoms with Crippen molar-refractivity contribution >= 4 is 0 Å². The van der Waals surface area contributed by atoms with Crippen molar-refractivity contribution in [3.63, 3.8) is 0 Å². The number of hydrogen-bond acceptors (Lipinski definition) is 2. The highest BCUT2D eigenvalue weighted by Gasteiger charge is 2.48. The molecule has 0 spiro atoms. The first kappa shape index (κ1) is 11.9. The fourth-order valence-corrected chi connectivity index (χ4v) is 1.17. The lowest BCUT2D eigenvalue weighted by atomic mass is 9.66. The fraction of sp³-hybridized carbons (Fsp3) is 1.00. The van der Waals surface area contributed by atoms with E-state index in [0.29, 0.717) is 0 Å². The van der Waals surface area contributed by atoms with Crippen LogP contribution >= 0.6 is 0 Å². The Kier molecular flexibility index (Phi) is 2.98. The third kappa shape index (κ3) is 1.80. The van der Waals surface area contributed by atoms with Gasteiger partial charge in [0.1, 0.15) is 0 Å². The average Bonchev–Trinajstić information content (AvgIpc) is 1.85. The molecule has 74 valence electrons. The van der Waals surface area contributed by atoms with Gasteiger partial charge in [-0.2, -0.15) is 0 Å². The van der Waals surface area contributed by atoms with Crippen LogP contribution in [0.3, 0.4) is 0 Å². The van der Waals surface area contributed by atoms with E-state index in [2.05, 4.69) is 0 Å². The van der Waals surface area contributed by atoms with Gasteiger partial charge in [-0.15, -0.1) is 0 Å². The number of aliphatic hydroxyl groups is 2. The van der Waals surface area contributed by atoms with Crippen molar-refractivity contribution < 1.29 is 10.2 Å². The SMILES string of the molecule is CCC(C)(C)C(C)(O)C(C)(C)O. The highest BCUT2D eigenvalue weighted by atomic mass is 16.4. The minimum Gasteiger partial charge on any atom is -0.387 e. The van der Waals surface area contributed by atoms with Crippen LogP contribution in [0.25, 0.3) is 0 Å². The van der Waals surface area contributed by atoms with Gasteiger partial charge in [-0.05, 0) is 32.6 Å². The van der Waals surface area contributed by atoms with E-state index in [0.717, 1.165) is 6.42 Å². The first-order valence-corrected chi connectivity index (χ1v) is 4.51. The summed E-state index contributed by atoms with van der Waals surface area (Å²) < 4.78 is 0. The summed E-state index contributed by atoms with van der Waals surface area (Å²) in [5.41, 5.74) is -2.40. The Balaban J connectivity index is 4.85. The van der Waals surface area contributed by atoms with E-state index in [1.54, 1.807) is 20.8 Å². The van der Waals surface area contributed by atoms with Crippen molar-refractivity contribution in [2.24, 2.45) is 5.41 Å². The van der Waals surface area contributed by atoms with Gasteiger partial charge in [0.15, 0.2) is 0 Å². The van der Waals surface area contributed by atoms with E-state index < -0.39 is 11.2 Å². The molecule has 0 aliphatic heterocycles. The maximum absolute atomic E-state index is 10.1. The molecule has 0 amide bonds. The number of hydrogen-bond donors (Lipinski definition) is 2. The van der Waals surface area contributed by atoms with Crippen molar-refractivity contribution in [2.75, 3.05) is 0 Å². The summed E-state index contributed by atoms with van der Waals surface area (Å²) >= 11 is 0. The summed E-state index contributed by atoms with van der Waals surface area (Å²) in [6.07, 6.45) is 0.837. The van der Waals surface area contributed by atoms with E-state index in [4.69, 9.17) is 0 Å². The van der Waals surface area contributed by atoms with Gasteiger partial charge in [-0.1, -0.05) is 20.8 Å². The predicted octanol–water partition coefficient (Wildman–Crippen LogP) is 1.94. The normalized spacial score (nSPS) is 19.0. The van der Waals surface area contributed by atoms with Gasteiger partial charge in [0.25, 0.3) is 0 Å². The van der Waals surface area contributed by atoms with Crippen LogP contribution in [0.4, 0.5) is 0 Å². The van der Waals surface area contributed by atoms with E-state index in [9.17, 15) is 10.2 Å². The Morgan fingerprint density at radius 3 is 1.33 bits per heavy atom. The zero-order valence-electron chi connectivity index (χ0n) is 9.10. The quantitative estimate of drug-likeness (QED) is 0.686. The van der Waals surface area contributed by atoms with Gasteiger partial charge in [-0.25, -0.2) is 0 Å². The molecule has 0 rings (SSSR count). The fourth-order valence-electron chi connectivity index (χ4n) is 1.17. The minimum absolute atomic E-state index is 0.273. The molecule has 0 aromatic heterocycles. The second-order valence-electron chi connectivity index (χ2n) is 4.87. The molecule has 0 saturated carbocycles. The molecule has 0 aromatic rings. The Morgan fingerprint density at radius 1 is 0.917 bits per heavy atom. The molecule has 0 heterocycles. The van der Waals surface area contributed by atoms with Crippen LogP contribution in [0.15, 0.2) is 0 Å². The summed E-state index contributed by atoms with van der Waals surface area (Å²) in [5, 5.41) is 19.9. The molecule has 0 bridgehead atoms. The Labute approximate surface area is 75.6 Å². The molecule has 1 atom stereocenters. The topological polar surface area (TPSA) is 40.5 Å². The number of rotatable bonds is 3. The molecule has 0 aliphatic carbocycles. The van der Waals surface area contributed by atoms with E-state index in [-0.39, 0.29) is 5.41 Å². The summed E-state index contributed by atoms with van der Waals surface area (Å²) in [4.78, 5) is 0. The molecular formula is C10H22O2. The summed E-state index contributed by atoms with van der Waals surface area (Å²) in [6.45, 7) is 10.9. The molecule has 12 heavy (non-hydrogen) atoms. The molecule has 0 radical (unpaired) electrons. The highest BCUT2D eigenvalue weighted by molar-refractivity contribution is 4.99. The second-order valence-corrected chi connectivity index (χ2v) is 4.87. The molecule has 2 heteroatoms. The van der Waals surface area contributed by atoms with Crippen LogP contribution in [-0.4, -0.2) is 21.4 Å². The molecule has 2 N–H and O–H groups in total. The second kappa shape index (κ2) is 3.00. The van der Waals surface area contributed by atoms with E-state index in [1.807, 2.05) is 20.8 Å². The van der Waals surface area contributed by atoms with Gasteiger partial charge in [-0.3, -0.25) is 0 Å². The van der Waals surface area contributed by atoms with Crippen LogP contribution in [-0.2, 0) is 0 Å². The molecule has 1 unspecified atom stereocenters. The monoisotopic (exact) mass is 174 g/mol. The molecule has 0 fully saturated rings. The predicted molar refractivity (Wildman–Crippen MR) is 51.0 cm³/mol. The smallest absolute Gasteiger partial charge is 0.0950 e. The lowest BCUT2D eigenvalue weighted by Crippen LogP contribution is -2.57. The van der Waals surface area contributed by atoms with Crippen LogP contribution < -0.4 is 0 Å². The van der Waals surface area contributed by atoms with Crippen LogP contribution in [0.2, 0.25) is 0 Å². The van der Waals surface area contributed by atoms with Crippen molar-refractivity contribution in [2.45, 2.75) is 59.2 Å². The zero-order valence-corrected chi connectivity index (χ0v) is 9.10. The maximum atomic E-state index is 10.1. The first-order chi connectivity index (χ1) is 5.06. The van der Waals surface area contributed by atoms with Gasteiger partial charge in [0.2, 0.25) is 0 Å². The van der Waals surface area contributed by atoms with Crippen LogP contribution in [0.1, 0.15) is 48.0 Å². The van der Waals surface area contributed by atoms with Crippen LogP contribution in [0.5, 0.6) is 0 Å². The maximum Gasteiger partial charge on any atom is 0.0950 e. The summed E-state index contributed by atoms with van der Waals surface area (Å²) in [7, 11) is 0. The van der Waals surface area contributed by atoms with Crippen LogP contribution in [0, 0.1) is 5.41 Å². The van der Waals surface area contributed by atoms with Crippen molar-refractivity contribution in [3.8, 4) is 0 Å². The average molecular weight is 174 g/mol. The largest absolute Gasteiger partial charge is 0.387 e. The summed E-state index contributed by atoms with van der Waals surface area (Å²) in [5.74, 6) is 0. The van der Waals surface area contributed by atoms with Crippen molar-refractivity contribution in [1.82, 2.24) is 0 Å². The van der Waals surface area contributed by atoms with Gasteiger partial charge >= 0.3 is 0 Å². The minimum atomic E-state index is -1.06. The van der Waals surface area contributed by atoms with Gasteiger partial charge in [0.05, 0.1) is 11.2 Å². The zero-order chi connectivity index (χ0) is 10.2. The standard InChI is InChI=1S/C10H22O2/c1-7-8(2,3)10(6,12)9(4,5)11/h11-12H,7H2,1-6H3. The first-order valence-electron chi connectivity index (χ1n) is 4.51. The Hall–Kier alpha value is -0.0800. The van der Waals surface area contributed by atoms with E-state index in [1.165, 1.54) is 0 Å².